The van der Waals surface area contributed by atoms with E-state index in [1.54, 1.807) is 0 Å². The van der Waals surface area contributed by atoms with Gasteiger partial charge in [0.1, 0.15) is 0 Å². The highest BCUT2D eigenvalue weighted by Crippen LogP contribution is 2.08. The summed E-state index contributed by atoms with van der Waals surface area (Å²) in [5, 5.41) is 0. The van der Waals surface area contributed by atoms with Gasteiger partial charge in [-0.15, -0.1) is 0 Å². The standard InChI is InChI=1S/C11H17N/c1-5-8-11(9-6-2)10(4)12-7-3/h5-9H,1-4H3/b8-5-,9-6-,12-7-. The first-order valence-corrected chi connectivity index (χ1v) is 4.21. The average molecular weight is 163 g/mol. The zero-order chi connectivity index (χ0) is 9.40. The molecule has 0 rings (SSSR count). The Morgan fingerprint density at radius 1 is 1.00 bits per heavy atom. The number of hydrogen-bond donors (Lipinski definition) is 0. The van der Waals surface area contributed by atoms with Crippen LogP contribution in [0.2, 0.25) is 0 Å². The molecule has 1 heteroatoms. The van der Waals surface area contributed by atoms with Gasteiger partial charge in [0.25, 0.3) is 0 Å². The minimum absolute atomic E-state index is 1.05. The molecule has 0 atom stereocenters. The van der Waals surface area contributed by atoms with Crippen molar-refractivity contribution in [2.75, 3.05) is 0 Å². The van der Waals surface area contributed by atoms with E-state index in [-0.39, 0.29) is 0 Å². The van der Waals surface area contributed by atoms with Crippen molar-refractivity contribution in [3.05, 3.63) is 35.6 Å². The summed E-state index contributed by atoms with van der Waals surface area (Å²) in [4.78, 5) is 4.21. The second-order valence-corrected chi connectivity index (χ2v) is 2.43. The number of allylic oxidation sites excluding steroid dienone is 6. The fourth-order valence-corrected chi connectivity index (χ4v) is 0.924. The van der Waals surface area contributed by atoms with Gasteiger partial charge in [-0.25, -0.2) is 0 Å². The SMILES string of the molecule is C/C=C\C(/C=C\C)=C(C)/N=C\C. The molecule has 0 aromatic rings. The molecule has 0 unspecified atom stereocenters. The smallest absolute Gasteiger partial charge is 0.0440 e. The monoisotopic (exact) mass is 163 g/mol. The molecule has 0 saturated heterocycles. The Labute approximate surface area is 75.2 Å². The molecule has 0 aliphatic rings. The van der Waals surface area contributed by atoms with Gasteiger partial charge in [0, 0.05) is 11.9 Å². The Bertz CT molecular complexity index is 215. The maximum Gasteiger partial charge on any atom is 0.0440 e. The maximum absolute atomic E-state index is 4.21. The van der Waals surface area contributed by atoms with Crippen LogP contribution in [0.25, 0.3) is 0 Å². The summed E-state index contributed by atoms with van der Waals surface area (Å²) in [6.45, 7) is 7.95. The molecule has 0 aromatic heterocycles. The van der Waals surface area contributed by atoms with Crippen LogP contribution in [0.5, 0.6) is 0 Å². The first-order chi connectivity index (χ1) is 5.76. The number of aliphatic imine (C=N–C) groups is 1. The van der Waals surface area contributed by atoms with Crippen molar-refractivity contribution in [3.63, 3.8) is 0 Å². The molecule has 0 N–H and O–H groups in total. The molecule has 0 amide bonds. The molecule has 0 fully saturated rings. The molecule has 0 heterocycles. The van der Waals surface area contributed by atoms with Crippen LogP contribution in [0.3, 0.4) is 0 Å². The van der Waals surface area contributed by atoms with E-state index in [1.165, 1.54) is 0 Å². The van der Waals surface area contributed by atoms with Crippen molar-refractivity contribution in [2.24, 2.45) is 4.99 Å². The van der Waals surface area contributed by atoms with E-state index >= 15 is 0 Å². The average Bonchev–Trinajstić information content (AvgIpc) is 2.04. The molecule has 0 aromatic carbocycles. The zero-order valence-corrected chi connectivity index (χ0v) is 8.33. The van der Waals surface area contributed by atoms with Crippen LogP contribution in [0, 0.1) is 0 Å². The fourth-order valence-electron chi connectivity index (χ4n) is 0.924. The minimum Gasteiger partial charge on any atom is -0.266 e. The lowest BCUT2D eigenvalue weighted by Gasteiger charge is -1.96. The molecule has 66 valence electrons. The van der Waals surface area contributed by atoms with Crippen molar-refractivity contribution < 1.29 is 0 Å². The molecule has 0 radical (unpaired) electrons. The van der Waals surface area contributed by atoms with Crippen LogP contribution in [0.15, 0.2) is 40.6 Å². The molecular weight excluding hydrogens is 146 g/mol. The highest BCUT2D eigenvalue weighted by atomic mass is 14.7. The lowest BCUT2D eigenvalue weighted by molar-refractivity contribution is 1.27. The Morgan fingerprint density at radius 3 is 1.83 bits per heavy atom. The van der Waals surface area contributed by atoms with Gasteiger partial charge in [0.05, 0.1) is 0 Å². The third-order valence-electron chi connectivity index (χ3n) is 1.43. The summed E-state index contributed by atoms with van der Waals surface area (Å²) in [6, 6.07) is 0. The van der Waals surface area contributed by atoms with Gasteiger partial charge in [-0.2, -0.15) is 0 Å². The normalized spacial score (nSPS) is 12.0. The third kappa shape index (κ3) is 3.91. The highest BCUT2D eigenvalue weighted by molar-refractivity contribution is 5.56. The van der Waals surface area contributed by atoms with Crippen LogP contribution < -0.4 is 0 Å². The summed E-state index contributed by atoms with van der Waals surface area (Å²) in [6.07, 6.45) is 9.96. The van der Waals surface area contributed by atoms with Crippen molar-refractivity contribution in [3.8, 4) is 0 Å². The van der Waals surface area contributed by atoms with Gasteiger partial charge >= 0.3 is 0 Å². The number of hydrogen-bond acceptors (Lipinski definition) is 1. The fraction of sp³-hybridized carbons (Fsp3) is 0.364. The summed E-state index contributed by atoms with van der Waals surface area (Å²) in [5.74, 6) is 0. The van der Waals surface area contributed by atoms with Gasteiger partial charge in [-0.1, -0.05) is 24.3 Å². The Balaban J connectivity index is 4.78. The van der Waals surface area contributed by atoms with Crippen LogP contribution >= 0.6 is 0 Å². The molecule has 0 saturated carbocycles. The van der Waals surface area contributed by atoms with Crippen molar-refractivity contribution >= 4 is 6.21 Å². The predicted octanol–water partition coefficient (Wildman–Crippen LogP) is 3.50. The van der Waals surface area contributed by atoms with Crippen LogP contribution in [-0.4, -0.2) is 6.21 Å². The molecule has 0 aliphatic carbocycles. The Hall–Kier alpha value is -1.11. The lowest BCUT2D eigenvalue weighted by atomic mass is 10.2. The number of nitrogens with zero attached hydrogens (tertiary/aromatic N) is 1. The van der Waals surface area contributed by atoms with Gasteiger partial charge in [0.15, 0.2) is 0 Å². The molecule has 12 heavy (non-hydrogen) atoms. The lowest BCUT2D eigenvalue weighted by Crippen LogP contribution is -1.78. The van der Waals surface area contributed by atoms with Gasteiger partial charge in [0.2, 0.25) is 0 Å². The van der Waals surface area contributed by atoms with Crippen molar-refractivity contribution in [1.82, 2.24) is 0 Å². The van der Waals surface area contributed by atoms with Gasteiger partial charge in [-0.05, 0) is 33.3 Å². The molecule has 0 bridgehead atoms. The zero-order valence-electron chi connectivity index (χ0n) is 8.33. The van der Waals surface area contributed by atoms with Crippen LogP contribution in [0.4, 0.5) is 0 Å². The second-order valence-electron chi connectivity index (χ2n) is 2.43. The molecule has 1 nitrogen and oxygen atoms in total. The largest absolute Gasteiger partial charge is 0.266 e. The number of rotatable bonds is 3. The van der Waals surface area contributed by atoms with Gasteiger partial charge in [-0.3, -0.25) is 4.99 Å². The quantitative estimate of drug-likeness (QED) is 0.446. The second kappa shape index (κ2) is 6.59. The summed E-state index contributed by atoms with van der Waals surface area (Å²) in [5.41, 5.74) is 2.21. The minimum atomic E-state index is 1.05. The maximum atomic E-state index is 4.21. The van der Waals surface area contributed by atoms with E-state index in [4.69, 9.17) is 0 Å². The van der Waals surface area contributed by atoms with Crippen molar-refractivity contribution in [1.29, 1.82) is 0 Å². The molecule has 0 spiro atoms. The first kappa shape index (κ1) is 10.9. The molecule has 0 aliphatic heterocycles. The van der Waals surface area contributed by atoms with E-state index < -0.39 is 0 Å². The Morgan fingerprint density at radius 2 is 1.50 bits per heavy atom. The van der Waals surface area contributed by atoms with Crippen molar-refractivity contribution in [2.45, 2.75) is 27.7 Å². The topological polar surface area (TPSA) is 12.4 Å². The van der Waals surface area contributed by atoms with Crippen LogP contribution in [-0.2, 0) is 0 Å². The predicted molar refractivity (Wildman–Crippen MR) is 56.5 cm³/mol. The summed E-state index contributed by atoms with van der Waals surface area (Å²) < 4.78 is 0. The summed E-state index contributed by atoms with van der Waals surface area (Å²) >= 11 is 0. The summed E-state index contributed by atoms with van der Waals surface area (Å²) in [7, 11) is 0. The third-order valence-corrected chi connectivity index (χ3v) is 1.43. The van der Waals surface area contributed by atoms with Crippen LogP contribution in [0.1, 0.15) is 27.7 Å². The first-order valence-electron chi connectivity index (χ1n) is 4.21. The van der Waals surface area contributed by atoms with E-state index in [9.17, 15) is 0 Å². The Kier molecular flexibility index (Phi) is 5.98. The van der Waals surface area contributed by atoms with E-state index in [0.717, 1.165) is 11.3 Å². The van der Waals surface area contributed by atoms with E-state index in [2.05, 4.69) is 17.1 Å². The highest BCUT2D eigenvalue weighted by Gasteiger charge is 1.90. The van der Waals surface area contributed by atoms with Gasteiger partial charge < -0.3 is 0 Å². The molecular formula is C11H17N. The van der Waals surface area contributed by atoms with E-state index in [0.29, 0.717) is 0 Å². The van der Waals surface area contributed by atoms with E-state index in [1.807, 2.05) is 46.1 Å².